The molecule has 4 heteroatoms. The van der Waals surface area contributed by atoms with E-state index < -0.39 is 5.51 Å². The molecule has 0 nitrogen and oxygen atoms in total. The quantitative estimate of drug-likeness (QED) is 0.583. The molecule has 2 aromatic carbocycles. The Hall–Kier alpha value is 0.0895. The van der Waals surface area contributed by atoms with Gasteiger partial charge in [-0.15, -0.1) is 0 Å². The van der Waals surface area contributed by atoms with Gasteiger partial charge < -0.3 is 0 Å². The van der Waals surface area contributed by atoms with Gasteiger partial charge in [0.05, 0.1) is 0 Å². The second-order valence-corrected chi connectivity index (χ2v) is 14.6. The van der Waals surface area contributed by atoms with Crippen molar-refractivity contribution < 1.29 is 0 Å². The molecule has 20 heavy (non-hydrogen) atoms. The summed E-state index contributed by atoms with van der Waals surface area (Å²) in [6.07, 6.45) is 1.34. The van der Waals surface area contributed by atoms with Crippen LogP contribution in [-0.2, 0) is 0 Å². The SMILES string of the molecule is [Se]=P(c1ccccc1)(c1ccccc1)C1SCCCS1. The molecule has 1 saturated heterocycles. The van der Waals surface area contributed by atoms with Gasteiger partial charge >= 0.3 is 138 Å². The molecule has 104 valence electrons. The first-order valence-electron chi connectivity index (χ1n) is 6.76. The van der Waals surface area contributed by atoms with Gasteiger partial charge in [-0.2, -0.15) is 0 Å². The van der Waals surface area contributed by atoms with Crippen LogP contribution in [0.15, 0.2) is 60.7 Å². The summed E-state index contributed by atoms with van der Waals surface area (Å²) < 4.78 is 0.654. The summed E-state index contributed by atoms with van der Waals surface area (Å²) in [6, 6.07) is 22.1. The van der Waals surface area contributed by atoms with E-state index in [4.69, 9.17) is 0 Å². The molecule has 0 saturated carbocycles. The molecule has 1 aliphatic heterocycles. The van der Waals surface area contributed by atoms with E-state index in [0.717, 1.165) is 0 Å². The molecule has 0 unspecified atom stereocenters. The van der Waals surface area contributed by atoms with Gasteiger partial charge in [0.25, 0.3) is 0 Å². The zero-order valence-corrected chi connectivity index (χ0v) is 15.4. The fourth-order valence-corrected chi connectivity index (χ4v) is 14.2. The molecule has 0 bridgehead atoms. The van der Waals surface area contributed by atoms with Crippen molar-refractivity contribution in [2.75, 3.05) is 11.5 Å². The molecule has 0 aliphatic carbocycles. The Morgan fingerprint density at radius 2 is 1.25 bits per heavy atom. The number of hydrogen-bond acceptors (Lipinski definition) is 2. The van der Waals surface area contributed by atoms with Crippen molar-refractivity contribution in [3.63, 3.8) is 0 Å². The van der Waals surface area contributed by atoms with Crippen LogP contribution in [0.3, 0.4) is 0 Å². The maximum atomic E-state index is 3.66. The van der Waals surface area contributed by atoms with E-state index in [9.17, 15) is 0 Å². The standard InChI is InChI=1S/C16H17PS2Se/c20-17(14-8-3-1-4-9-14,15-10-5-2-6-11-15)16-18-12-7-13-19-16/h1-6,8-11,16H,7,12-13H2. The minimum atomic E-state index is -1.45. The second-order valence-electron chi connectivity index (χ2n) is 4.73. The Labute approximate surface area is 137 Å². The normalized spacial score (nSPS) is 17.0. The second kappa shape index (κ2) is 6.90. The summed E-state index contributed by atoms with van der Waals surface area (Å²) in [6.45, 7) is 0. The van der Waals surface area contributed by atoms with Crippen molar-refractivity contribution in [1.82, 2.24) is 0 Å². The summed E-state index contributed by atoms with van der Waals surface area (Å²) >= 11 is 7.94. The van der Waals surface area contributed by atoms with Crippen LogP contribution in [0, 0.1) is 0 Å². The van der Waals surface area contributed by atoms with Crippen LogP contribution in [0.2, 0.25) is 0 Å². The molecule has 0 N–H and O–H groups in total. The van der Waals surface area contributed by atoms with Gasteiger partial charge in [0.1, 0.15) is 0 Å². The summed E-state index contributed by atoms with van der Waals surface area (Å²) in [4.78, 5) is 0. The van der Waals surface area contributed by atoms with E-state index >= 15 is 0 Å². The number of rotatable bonds is 3. The molecular weight excluding hydrogens is 366 g/mol. The van der Waals surface area contributed by atoms with Crippen LogP contribution in [0.5, 0.6) is 0 Å². The van der Waals surface area contributed by atoms with Gasteiger partial charge in [0.15, 0.2) is 0 Å². The molecule has 1 heterocycles. The van der Waals surface area contributed by atoms with Gasteiger partial charge in [0, 0.05) is 0 Å². The van der Waals surface area contributed by atoms with Crippen LogP contribution < -0.4 is 10.6 Å². The Balaban J connectivity index is 2.10. The van der Waals surface area contributed by atoms with Crippen molar-refractivity contribution in [2.45, 2.75) is 10.7 Å². The molecule has 0 aromatic heterocycles. The van der Waals surface area contributed by atoms with Crippen molar-refractivity contribution in [2.24, 2.45) is 0 Å². The molecule has 2 aromatic rings. The zero-order valence-electron chi connectivity index (χ0n) is 11.1. The fraction of sp³-hybridized carbons (Fsp3) is 0.250. The number of benzene rings is 2. The summed E-state index contributed by atoms with van der Waals surface area (Å²) in [7, 11) is 0. The van der Waals surface area contributed by atoms with E-state index in [2.05, 4.69) is 99.3 Å². The van der Waals surface area contributed by atoms with E-state index in [1.807, 2.05) is 0 Å². The van der Waals surface area contributed by atoms with Crippen molar-refractivity contribution >= 4 is 54.7 Å². The van der Waals surface area contributed by atoms with Gasteiger partial charge in [-0.05, 0) is 0 Å². The van der Waals surface area contributed by atoms with E-state index in [-0.39, 0.29) is 0 Å². The Morgan fingerprint density at radius 3 is 1.70 bits per heavy atom. The summed E-state index contributed by atoms with van der Waals surface area (Å²) in [5.74, 6) is 2.58. The molecule has 0 amide bonds. The van der Waals surface area contributed by atoms with Crippen molar-refractivity contribution in [1.29, 1.82) is 0 Å². The van der Waals surface area contributed by atoms with Crippen molar-refractivity contribution in [3.8, 4) is 0 Å². The molecule has 1 fully saturated rings. The topological polar surface area (TPSA) is 0 Å². The van der Waals surface area contributed by atoms with Gasteiger partial charge in [-0.1, -0.05) is 0 Å². The van der Waals surface area contributed by atoms with Crippen molar-refractivity contribution in [3.05, 3.63) is 60.7 Å². The summed E-state index contributed by atoms with van der Waals surface area (Å²) in [5.41, 5.74) is -1.45. The zero-order chi connectivity index (χ0) is 13.8. The van der Waals surface area contributed by atoms with Crippen LogP contribution >= 0.6 is 29.0 Å². The van der Waals surface area contributed by atoms with Crippen LogP contribution in [0.4, 0.5) is 0 Å². The predicted molar refractivity (Wildman–Crippen MR) is 98.1 cm³/mol. The molecule has 0 radical (unpaired) electrons. The van der Waals surface area contributed by atoms with E-state index in [1.54, 1.807) is 0 Å². The Bertz CT molecular complexity index is 551. The Kier molecular flexibility index (Phi) is 5.18. The number of hydrogen-bond donors (Lipinski definition) is 0. The first-order chi connectivity index (χ1) is 9.82. The summed E-state index contributed by atoms with van der Waals surface area (Å²) in [5, 5.41) is 2.97. The molecule has 3 rings (SSSR count). The fourth-order valence-electron chi connectivity index (χ4n) is 2.38. The number of thioether (sulfide) groups is 2. The third-order valence-corrected chi connectivity index (χ3v) is 17.1. The molecule has 0 spiro atoms. The first-order valence-corrected chi connectivity index (χ1v) is 12.9. The third-order valence-electron chi connectivity index (χ3n) is 3.39. The monoisotopic (exact) mass is 384 g/mol. The van der Waals surface area contributed by atoms with E-state index in [1.165, 1.54) is 28.5 Å². The maximum absolute atomic E-state index is 3.66. The van der Waals surface area contributed by atoms with E-state index in [0.29, 0.717) is 4.32 Å². The molecule has 0 atom stereocenters. The Morgan fingerprint density at radius 1 is 0.800 bits per heavy atom. The first kappa shape index (κ1) is 15.0. The van der Waals surface area contributed by atoms with Gasteiger partial charge in [0.2, 0.25) is 0 Å². The minimum absolute atomic E-state index is 0.654. The third kappa shape index (κ3) is 2.98. The average Bonchev–Trinajstić information content (AvgIpc) is 2.56. The van der Waals surface area contributed by atoms with Crippen LogP contribution in [-0.4, -0.2) is 30.9 Å². The molecular formula is C16H17PS2Se. The van der Waals surface area contributed by atoms with Gasteiger partial charge in [-0.3, -0.25) is 0 Å². The average molecular weight is 383 g/mol. The van der Waals surface area contributed by atoms with Crippen LogP contribution in [0.1, 0.15) is 6.42 Å². The predicted octanol–water partition coefficient (Wildman–Crippen LogP) is 3.89. The molecule has 1 aliphatic rings. The van der Waals surface area contributed by atoms with Crippen LogP contribution in [0.25, 0.3) is 0 Å². The van der Waals surface area contributed by atoms with Gasteiger partial charge in [-0.25, -0.2) is 0 Å².